The van der Waals surface area contributed by atoms with Crippen LogP contribution in [0.4, 0.5) is 10.5 Å². The predicted octanol–water partition coefficient (Wildman–Crippen LogP) is 3.56. The van der Waals surface area contributed by atoms with Gasteiger partial charge in [-0.1, -0.05) is 0 Å². The first kappa shape index (κ1) is 24.2. The lowest BCUT2D eigenvalue weighted by atomic mass is 9.92. The van der Waals surface area contributed by atoms with Crippen molar-refractivity contribution < 1.29 is 22.7 Å². The number of pyridine rings is 1. The van der Waals surface area contributed by atoms with Crippen LogP contribution in [0.3, 0.4) is 0 Å². The number of carbonyl (C=O) groups is 1. The van der Waals surface area contributed by atoms with Gasteiger partial charge in [-0.25, -0.2) is 18.2 Å². The van der Waals surface area contributed by atoms with Crippen LogP contribution in [0.25, 0.3) is 11.1 Å². The smallest absolute Gasteiger partial charge is 0.414 e. The van der Waals surface area contributed by atoms with Gasteiger partial charge in [0.15, 0.2) is 0 Å². The summed E-state index contributed by atoms with van der Waals surface area (Å²) < 4.78 is 36.0. The molecule has 0 N–H and O–H groups in total. The summed E-state index contributed by atoms with van der Waals surface area (Å²) in [5.41, 5.74) is 3.10. The van der Waals surface area contributed by atoms with Crippen LogP contribution in [0.5, 0.6) is 11.6 Å². The Morgan fingerprint density at radius 2 is 2.11 bits per heavy atom. The molecule has 0 spiro atoms. The number of ether oxygens (including phenoxy) is 2. The number of nitriles is 1. The number of fused-ring (bicyclic) bond motifs is 1. The number of amides is 1. The number of sulfone groups is 1. The van der Waals surface area contributed by atoms with Gasteiger partial charge in [0, 0.05) is 41.4 Å². The molecule has 0 fully saturated rings. The van der Waals surface area contributed by atoms with E-state index in [-0.39, 0.29) is 29.8 Å². The summed E-state index contributed by atoms with van der Waals surface area (Å²) in [5, 5.41) is 13.8. The molecule has 3 aromatic rings. The first-order valence-electron chi connectivity index (χ1n) is 11.0. The van der Waals surface area contributed by atoms with Crippen LogP contribution in [-0.2, 0) is 27.5 Å². The normalized spacial score (nSPS) is 15.3. The fraction of sp³-hybridized carbons (Fsp3) is 0.333. The number of benzene rings is 1. The zero-order chi connectivity index (χ0) is 25.2. The van der Waals surface area contributed by atoms with Gasteiger partial charge in [-0.05, 0) is 44.0 Å². The van der Waals surface area contributed by atoms with Crippen LogP contribution in [0.2, 0.25) is 0 Å². The van der Waals surface area contributed by atoms with E-state index < -0.39 is 15.9 Å². The zero-order valence-electron chi connectivity index (χ0n) is 19.6. The number of anilines is 1. The Morgan fingerprint density at radius 1 is 1.31 bits per heavy atom. The maximum Gasteiger partial charge on any atom is 0.414 e. The number of rotatable bonds is 6. The van der Waals surface area contributed by atoms with Gasteiger partial charge >= 0.3 is 6.09 Å². The van der Waals surface area contributed by atoms with Gasteiger partial charge in [0.25, 0.3) is 0 Å². The second-order valence-electron chi connectivity index (χ2n) is 8.36. The fourth-order valence-electron chi connectivity index (χ4n) is 4.06. The predicted molar refractivity (Wildman–Crippen MR) is 129 cm³/mol. The highest BCUT2D eigenvalue weighted by molar-refractivity contribution is 7.90. The molecule has 0 saturated heterocycles. The summed E-state index contributed by atoms with van der Waals surface area (Å²) in [4.78, 5) is 18.4. The quantitative estimate of drug-likeness (QED) is 0.508. The van der Waals surface area contributed by atoms with Crippen molar-refractivity contribution >= 4 is 21.6 Å². The minimum atomic E-state index is -3.14. The average molecular weight is 496 g/mol. The monoisotopic (exact) mass is 495 g/mol. The SMILES string of the molecule is COC(=O)N1c2ccc(-c3cnn(CCS(C)(=O)=O)c3)c(Oc3ncccc3C#N)c2CC[C@@H]1C. The lowest BCUT2D eigenvalue weighted by Gasteiger charge is -2.35. The maximum atomic E-state index is 12.6. The molecule has 0 saturated carbocycles. The van der Waals surface area contributed by atoms with Gasteiger partial charge in [0.1, 0.15) is 27.2 Å². The van der Waals surface area contributed by atoms with Crippen LogP contribution in [0.1, 0.15) is 24.5 Å². The van der Waals surface area contributed by atoms with Crippen molar-refractivity contribution in [3.05, 3.63) is 54.0 Å². The Hall–Kier alpha value is -3.91. The first-order chi connectivity index (χ1) is 16.7. The summed E-state index contributed by atoms with van der Waals surface area (Å²) in [7, 11) is -1.80. The number of methoxy groups -OCH3 is 1. The molecule has 1 amide bonds. The molecule has 3 heterocycles. The molecule has 1 atom stereocenters. The number of carbonyl (C=O) groups excluding carboxylic acids is 1. The molecule has 1 aliphatic heterocycles. The number of hydrogen-bond acceptors (Lipinski definition) is 8. The largest absolute Gasteiger partial charge is 0.452 e. The van der Waals surface area contributed by atoms with Crippen LogP contribution in [-0.4, -0.2) is 54.4 Å². The van der Waals surface area contributed by atoms with E-state index >= 15 is 0 Å². The lowest BCUT2D eigenvalue weighted by molar-refractivity contribution is 0.175. The number of aromatic nitrogens is 3. The van der Waals surface area contributed by atoms with E-state index in [9.17, 15) is 18.5 Å². The van der Waals surface area contributed by atoms with Crippen LogP contribution >= 0.6 is 0 Å². The van der Waals surface area contributed by atoms with E-state index in [1.807, 2.05) is 19.1 Å². The number of hydrogen-bond donors (Lipinski definition) is 0. The Labute approximate surface area is 203 Å². The van der Waals surface area contributed by atoms with Crippen molar-refractivity contribution in [2.75, 3.05) is 24.0 Å². The lowest BCUT2D eigenvalue weighted by Crippen LogP contribution is -2.42. The molecule has 182 valence electrons. The highest BCUT2D eigenvalue weighted by Crippen LogP contribution is 2.44. The van der Waals surface area contributed by atoms with Gasteiger partial charge in [-0.2, -0.15) is 10.4 Å². The van der Waals surface area contributed by atoms with Crippen LogP contribution in [0.15, 0.2) is 42.9 Å². The van der Waals surface area contributed by atoms with Crippen molar-refractivity contribution in [2.45, 2.75) is 32.4 Å². The summed E-state index contributed by atoms with van der Waals surface area (Å²) in [5.74, 6) is 0.575. The highest BCUT2D eigenvalue weighted by atomic mass is 32.2. The molecule has 4 rings (SSSR count). The molecule has 35 heavy (non-hydrogen) atoms. The average Bonchev–Trinajstić information content (AvgIpc) is 3.31. The third-order valence-corrected chi connectivity index (χ3v) is 6.77. The molecule has 1 aliphatic rings. The minimum Gasteiger partial charge on any atom is -0.452 e. The fourth-order valence-corrected chi connectivity index (χ4v) is 4.58. The topological polar surface area (TPSA) is 127 Å². The van der Waals surface area contributed by atoms with E-state index in [1.165, 1.54) is 19.6 Å². The standard InChI is InChI=1S/C24H25N5O5S/c1-16-6-7-20-21(29(16)24(30)33-2)9-8-19(18-14-27-28(15-18)11-12-35(3,31)32)22(20)34-23-17(13-25)5-4-10-26-23/h4-5,8-10,14-16H,6-7,11-12H2,1-3H3/t16-/m0/s1. The Bertz CT molecular complexity index is 1410. The molecular formula is C24H25N5O5S. The summed E-state index contributed by atoms with van der Waals surface area (Å²) in [6, 6.07) is 8.93. The Kier molecular flexibility index (Phi) is 6.75. The molecule has 0 aliphatic carbocycles. The number of nitrogens with zero attached hydrogens (tertiary/aromatic N) is 5. The molecule has 1 aromatic carbocycles. The van der Waals surface area contributed by atoms with E-state index in [1.54, 1.807) is 34.1 Å². The van der Waals surface area contributed by atoms with E-state index in [2.05, 4.69) is 16.2 Å². The van der Waals surface area contributed by atoms with Gasteiger partial charge in [0.05, 0.1) is 31.3 Å². The first-order valence-corrected chi connectivity index (χ1v) is 13.0. The number of aryl methyl sites for hydroxylation is 1. The van der Waals surface area contributed by atoms with Crippen LogP contribution in [0, 0.1) is 11.3 Å². The molecule has 0 bridgehead atoms. The Morgan fingerprint density at radius 3 is 2.83 bits per heavy atom. The summed E-state index contributed by atoms with van der Waals surface area (Å²) in [6.07, 6.45) is 6.93. The van der Waals surface area contributed by atoms with Gasteiger partial charge < -0.3 is 9.47 Å². The maximum absolute atomic E-state index is 12.6. The van der Waals surface area contributed by atoms with Crippen molar-refractivity contribution in [1.82, 2.24) is 14.8 Å². The van der Waals surface area contributed by atoms with Crippen molar-refractivity contribution in [2.24, 2.45) is 0 Å². The van der Waals surface area contributed by atoms with Crippen molar-refractivity contribution in [1.29, 1.82) is 5.26 Å². The van der Waals surface area contributed by atoms with E-state index in [4.69, 9.17) is 9.47 Å². The van der Waals surface area contributed by atoms with Gasteiger partial charge in [-0.3, -0.25) is 9.58 Å². The van der Waals surface area contributed by atoms with E-state index in [0.29, 0.717) is 35.4 Å². The van der Waals surface area contributed by atoms with Crippen molar-refractivity contribution in [3.8, 4) is 28.8 Å². The second-order valence-corrected chi connectivity index (χ2v) is 10.6. The third-order valence-electron chi connectivity index (χ3n) is 5.85. The molecule has 0 radical (unpaired) electrons. The van der Waals surface area contributed by atoms with Crippen molar-refractivity contribution in [3.63, 3.8) is 0 Å². The second kappa shape index (κ2) is 9.76. The Balaban J connectivity index is 1.84. The summed E-state index contributed by atoms with van der Waals surface area (Å²) >= 11 is 0. The van der Waals surface area contributed by atoms with E-state index in [0.717, 1.165) is 5.56 Å². The van der Waals surface area contributed by atoms with Gasteiger partial charge in [-0.15, -0.1) is 0 Å². The highest BCUT2D eigenvalue weighted by Gasteiger charge is 2.32. The molecule has 11 heteroatoms. The third kappa shape index (κ3) is 5.12. The van der Waals surface area contributed by atoms with Crippen LogP contribution < -0.4 is 9.64 Å². The van der Waals surface area contributed by atoms with Gasteiger partial charge in [0.2, 0.25) is 5.88 Å². The molecular weight excluding hydrogens is 470 g/mol. The molecule has 10 nitrogen and oxygen atoms in total. The zero-order valence-corrected chi connectivity index (χ0v) is 20.4. The molecule has 2 aromatic heterocycles. The summed E-state index contributed by atoms with van der Waals surface area (Å²) in [6.45, 7) is 2.17. The minimum absolute atomic E-state index is 0.0346. The molecule has 0 unspecified atom stereocenters.